The largest absolute Gasteiger partial charge is 0.335 e. The van der Waals surface area contributed by atoms with Crippen LogP contribution in [-0.4, -0.2) is 57.6 Å². The fraction of sp³-hybridized carbons (Fsp3) is 0.261. The molecule has 0 spiro atoms. The van der Waals surface area contributed by atoms with Crippen LogP contribution in [0.25, 0.3) is 5.69 Å². The minimum absolute atomic E-state index is 0.152. The summed E-state index contributed by atoms with van der Waals surface area (Å²) in [7, 11) is 0. The molecule has 2 heterocycles. The number of carbonyl (C=O) groups is 2. The highest BCUT2D eigenvalue weighted by Crippen LogP contribution is 2.16. The minimum Gasteiger partial charge on any atom is -0.335 e. The molecule has 3 aromatic rings. The number of rotatable bonds is 3. The smallest absolute Gasteiger partial charge is 0.274 e. The zero-order valence-electron chi connectivity index (χ0n) is 17.0. The van der Waals surface area contributed by atoms with Gasteiger partial charge in [-0.25, -0.2) is 9.07 Å². The first-order valence-electron chi connectivity index (χ1n) is 9.91. The van der Waals surface area contributed by atoms with Gasteiger partial charge in [-0.15, -0.1) is 0 Å². The van der Waals surface area contributed by atoms with Gasteiger partial charge in [-0.2, -0.15) is 5.10 Å². The lowest BCUT2D eigenvalue weighted by Gasteiger charge is -2.34. The summed E-state index contributed by atoms with van der Waals surface area (Å²) in [6.07, 6.45) is 0. The number of nitrogens with zero attached hydrogens (tertiary/aromatic N) is 4. The molecular weight excluding hydrogens is 383 g/mol. The van der Waals surface area contributed by atoms with E-state index in [0.29, 0.717) is 43.0 Å². The quantitative estimate of drug-likeness (QED) is 0.671. The lowest BCUT2D eigenvalue weighted by Crippen LogP contribution is -2.50. The van der Waals surface area contributed by atoms with Gasteiger partial charge in [0.1, 0.15) is 5.82 Å². The zero-order valence-corrected chi connectivity index (χ0v) is 17.0. The molecule has 6 nitrogen and oxygen atoms in total. The maximum absolute atomic E-state index is 13.8. The predicted molar refractivity (Wildman–Crippen MR) is 111 cm³/mol. The first kappa shape index (κ1) is 19.8. The summed E-state index contributed by atoms with van der Waals surface area (Å²) in [6, 6.07) is 15.9. The number of hydrogen-bond acceptors (Lipinski definition) is 3. The third kappa shape index (κ3) is 3.83. The van der Waals surface area contributed by atoms with E-state index in [9.17, 15) is 14.0 Å². The van der Waals surface area contributed by atoms with E-state index in [1.165, 1.54) is 6.07 Å². The van der Waals surface area contributed by atoms with Gasteiger partial charge in [0.25, 0.3) is 11.8 Å². The molecule has 154 valence electrons. The number of aryl methyl sites for hydroxylation is 2. The van der Waals surface area contributed by atoms with Gasteiger partial charge in [0.05, 0.1) is 5.69 Å². The topological polar surface area (TPSA) is 58.4 Å². The van der Waals surface area contributed by atoms with Gasteiger partial charge in [-0.3, -0.25) is 9.59 Å². The van der Waals surface area contributed by atoms with Crippen LogP contribution in [0.5, 0.6) is 0 Å². The van der Waals surface area contributed by atoms with Crippen LogP contribution in [0.15, 0.2) is 54.6 Å². The molecule has 0 aliphatic carbocycles. The third-order valence-electron chi connectivity index (χ3n) is 5.38. The van der Waals surface area contributed by atoms with Gasteiger partial charge in [-0.1, -0.05) is 24.3 Å². The molecule has 2 aromatic carbocycles. The summed E-state index contributed by atoms with van der Waals surface area (Å²) in [5.41, 5.74) is 2.99. The Kier molecular flexibility index (Phi) is 5.35. The number of hydrogen-bond donors (Lipinski definition) is 0. The number of benzene rings is 2. The number of carbonyl (C=O) groups excluding carboxylic acids is 2. The first-order valence-corrected chi connectivity index (χ1v) is 9.91. The summed E-state index contributed by atoms with van der Waals surface area (Å²) in [5, 5.41) is 4.48. The summed E-state index contributed by atoms with van der Waals surface area (Å²) in [5.74, 6) is -0.759. The molecule has 0 bridgehead atoms. The molecule has 1 aromatic heterocycles. The van der Waals surface area contributed by atoms with E-state index in [1.54, 1.807) is 39.6 Å². The normalized spacial score (nSPS) is 14.1. The summed E-state index contributed by atoms with van der Waals surface area (Å²) >= 11 is 0. The summed E-state index contributed by atoms with van der Waals surface area (Å²) in [4.78, 5) is 28.9. The van der Waals surface area contributed by atoms with Crippen LogP contribution in [0.2, 0.25) is 0 Å². The maximum atomic E-state index is 13.8. The fourth-order valence-electron chi connectivity index (χ4n) is 3.59. The van der Waals surface area contributed by atoms with Gasteiger partial charge in [-0.05, 0) is 49.7 Å². The van der Waals surface area contributed by atoms with Crippen molar-refractivity contribution in [3.63, 3.8) is 0 Å². The Morgan fingerprint density at radius 1 is 0.867 bits per heavy atom. The lowest BCUT2D eigenvalue weighted by atomic mass is 10.1. The molecule has 1 saturated heterocycles. The number of amides is 2. The van der Waals surface area contributed by atoms with Crippen LogP contribution in [0.4, 0.5) is 4.39 Å². The van der Waals surface area contributed by atoms with Crippen molar-refractivity contribution in [1.82, 2.24) is 19.6 Å². The minimum atomic E-state index is -0.390. The summed E-state index contributed by atoms with van der Waals surface area (Å²) in [6.45, 7) is 5.20. The molecular formula is C23H23FN4O2. The summed E-state index contributed by atoms with van der Waals surface area (Å²) < 4.78 is 15.5. The van der Waals surface area contributed by atoms with E-state index >= 15 is 0 Å². The van der Waals surface area contributed by atoms with Crippen molar-refractivity contribution in [2.45, 2.75) is 13.8 Å². The van der Waals surface area contributed by atoms with Crippen LogP contribution in [0, 0.1) is 19.7 Å². The Morgan fingerprint density at radius 3 is 2.13 bits per heavy atom. The molecule has 0 N–H and O–H groups in total. The molecule has 0 unspecified atom stereocenters. The third-order valence-corrected chi connectivity index (χ3v) is 5.38. The fourth-order valence-corrected chi connectivity index (χ4v) is 3.59. The Labute approximate surface area is 174 Å². The molecule has 7 heteroatoms. The van der Waals surface area contributed by atoms with E-state index < -0.39 is 0 Å². The van der Waals surface area contributed by atoms with Crippen molar-refractivity contribution >= 4 is 11.8 Å². The van der Waals surface area contributed by atoms with Gasteiger partial charge in [0.15, 0.2) is 5.69 Å². The van der Waals surface area contributed by atoms with Crippen molar-refractivity contribution in [3.05, 3.63) is 82.9 Å². The number of para-hydroxylation sites is 1. The molecule has 0 atom stereocenters. The average Bonchev–Trinajstić information content (AvgIpc) is 3.17. The lowest BCUT2D eigenvalue weighted by molar-refractivity contribution is 0.0532. The molecule has 30 heavy (non-hydrogen) atoms. The highest BCUT2D eigenvalue weighted by Gasteiger charge is 2.27. The standard InChI is InChI=1S/C23H23FN4O2/c1-16-8-9-18(15-20(16)24)22(29)26-10-12-27(13-11-26)23(30)21-14-17(2)28(25-21)19-6-4-3-5-7-19/h3-9,14-15H,10-13H2,1-2H3. The van der Waals surface area contributed by atoms with E-state index in [2.05, 4.69) is 5.10 Å². The predicted octanol–water partition coefficient (Wildman–Crippen LogP) is 3.23. The Balaban J connectivity index is 1.42. The van der Waals surface area contributed by atoms with E-state index in [1.807, 2.05) is 37.3 Å². The number of piperazine rings is 1. The van der Waals surface area contributed by atoms with E-state index in [-0.39, 0.29) is 17.6 Å². The highest BCUT2D eigenvalue weighted by molar-refractivity contribution is 5.95. The van der Waals surface area contributed by atoms with Crippen LogP contribution >= 0.6 is 0 Å². The second-order valence-electron chi connectivity index (χ2n) is 7.47. The van der Waals surface area contributed by atoms with Crippen molar-refractivity contribution < 1.29 is 14.0 Å². The highest BCUT2D eigenvalue weighted by atomic mass is 19.1. The molecule has 1 aliphatic rings. The zero-order chi connectivity index (χ0) is 21.3. The van der Waals surface area contributed by atoms with Gasteiger partial charge in [0.2, 0.25) is 0 Å². The van der Waals surface area contributed by atoms with Gasteiger partial charge in [0, 0.05) is 37.4 Å². The molecule has 1 fully saturated rings. The Morgan fingerprint density at radius 2 is 1.50 bits per heavy atom. The Hall–Kier alpha value is -3.48. The second-order valence-corrected chi connectivity index (χ2v) is 7.47. The molecule has 0 saturated carbocycles. The van der Waals surface area contributed by atoms with Gasteiger partial charge >= 0.3 is 0 Å². The molecule has 2 amide bonds. The number of aromatic nitrogens is 2. The molecule has 0 radical (unpaired) electrons. The maximum Gasteiger partial charge on any atom is 0.274 e. The molecule has 1 aliphatic heterocycles. The van der Waals surface area contributed by atoms with E-state index in [0.717, 1.165) is 11.4 Å². The van der Waals surface area contributed by atoms with Gasteiger partial charge < -0.3 is 9.80 Å². The van der Waals surface area contributed by atoms with E-state index in [4.69, 9.17) is 0 Å². The van der Waals surface area contributed by atoms with Crippen molar-refractivity contribution in [2.24, 2.45) is 0 Å². The van der Waals surface area contributed by atoms with Crippen LogP contribution < -0.4 is 0 Å². The SMILES string of the molecule is Cc1ccc(C(=O)N2CCN(C(=O)c3cc(C)n(-c4ccccc4)n3)CC2)cc1F. The van der Waals surface area contributed by atoms with Crippen LogP contribution in [0.1, 0.15) is 32.1 Å². The van der Waals surface area contributed by atoms with Crippen molar-refractivity contribution in [3.8, 4) is 5.69 Å². The van der Waals surface area contributed by atoms with Crippen molar-refractivity contribution in [1.29, 1.82) is 0 Å². The molecule has 4 rings (SSSR count). The van der Waals surface area contributed by atoms with Crippen LogP contribution in [0.3, 0.4) is 0 Å². The number of halogens is 1. The van der Waals surface area contributed by atoms with Crippen LogP contribution in [-0.2, 0) is 0 Å². The van der Waals surface area contributed by atoms with Crippen molar-refractivity contribution in [2.75, 3.05) is 26.2 Å². The monoisotopic (exact) mass is 406 g/mol. The Bertz CT molecular complexity index is 1090. The average molecular weight is 406 g/mol. The second kappa shape index (κ2) is 8.10. The first-order chi connectivity index (χ1) is 14.4.